The van der Waals surface area contributed by atoms with Crippen molar-refractivity contribution in [2.75, 3.05) is 51.1 Å². The Morgan fingerprint density at radius 3 is 2.00 bits per heavy atom. The summed E-state index contributed by atoms with van der Waals surface area (Å²) in [7, 11) is 8.08. The number of fused-ring (bicyclic) bond motifs is 2. The van der Waals surface area contributed by atoms with Gasteiger partial charge >= 0.3 is 0 Å². The van der Waals surface area contributed by atoms with Gasteiger partial charge in [-0.3, -0.25) is 9.79 Å². The van der Waals surface area contributed by atoms with Crippen LogP contribution in [0.25, 0.3) is 21.9 Å². The van der Waals surface area contributed by atoms with Crippen LogP contribution in [-0.2, 0) is 9.53 Å². The Kier molecular flexibility index (Phi) is 6.75. The lowest BCUT2D eigenvalue weighted by Gasteiger charge is -2.15. The summed E-state index contributed by atoms with van der Waals surface area (Å²) < 4.78 is 11.0. The number of benzene rings is 2. The lowest BCUT2D eigenvalue weighted by atomic mass is 10.1. The smallest absolute Gasteiger partial charge is 0.293 e. The highest BCUT2D eigenvalue weighted by Crippen LogP contribution is 2.25. The molecule has 0 spiro atoms. The van der Waals surface area contributed by atoms with E-state index in [0.717, 1.165) is 64.5 Å². The van der Waals surface area contributed by atoms with Gasteiger partial charge in [0.05, 0.1) is 12.0 Å². The summed E-state index contributed by atoms with van der Waals surface area (Å²) in [6.07, 6.45) is 2.78. The second kappa shape index (κ2) is 9.45. The van der Waals surface area contributed by atoms with Crippen LogP contribution in [0.15, 0.2) is 45.8 Å². The van der Waals surface area contributed by atoms with Gasteiger partial charge in [0.2, 0.25) is 0 Å². The van der Waals surface area contributed by atoms with Crippen LogP contribution in [-0.4, -0.2) is 47.8 Å². The standard InChI is InChI=1S/C23H29N3O3/c1-25(2)17-8-10-19-21(14-17)29-22-15-18(26(3)4)9-11-20(22)23(19)24-12-6-5-7-13-28-16-27/h8-11,14-16H,5-7,12-13H2,1-4H3. The molecule has 0 aliphatic carbocycles. The van der Waals surface area contributed by atoms with Crippen molar-refractivity contribution in [2.24, 2.45) is 4.99 Å². The first kappa shape index (κ1) is 20.7. The molecular weight excluding hydrogens is 366 g/mol. The van der Waals surface area contributed by atoms with E-state index in [1.165, 1.54) is 0 Å². The van der Waals surface area contributed by atoms with E-state index in [1.807, 2.05) is 28.2 Å². The molecule has 154 valence electrons. The number of carbonyl (C=O) groups is 1. The van der Waals surface area contributed by atoms with Crippen molar-refractivity contribution in [1.82, 2.24) is 0 Å². The molecule has 0 saturated carbocycles. The second-order valence-electron chi connectivity index (χ2n) is 7.51. The number of hydrogen-bond donors (Lipinski definition) is 0. The van der Waals surface area contributed by atoms with Crippen LogP contribution in [0.1, 0.15) is 19.3 Å². The van der Waals surface area contributed by atoms with Gasteiger partial charge in [-0.1, -0.05) is 0 Å². The lowest BCUT2D eigenvalue weighted by molar-refractivity contribution is -0.128. The predicted molar refractivity (Wildman–Crippen MR) is 119 cm³/mol. The number of hydrogen-bond acceptors (Lipinski definition) is 6. The fourth-order valence-corrected chi connectivity index (χ4v) is 3.29. The molecule has 0 unspecified atom stereocenters. The van der Waals surface area contributed by atoms with Crippen molar-refractivity contribution in [3.05, 3.63) is 41.8 Å². The Balaban J connectivity index is 2.03. The van der Waals surface area contributed by atoms with Gasteiger partial charge in [0, 0.05) is 69.0 Å². The van der Waals surface area contributed by atoms with Crippen LogP contribution in [0.5, 0.6) is 0 Å². The van der Waals surface area contributed by atoms with Crippen molar-refractivity contribution < 1.29 is 13.9 Å². The molecule has 0 aliphatic rings. The van der Waals surface area contributed by atoms with Crippen molar-refractivity contribution in [2.45, 2.75) is 19.3 Å². The summed E-state index contributed by atoms with van der Waals surface area (Å²) in [5.74, 6) is 0. The van der Waals surface area contributed by atoms with Gasteiger partial charge < -0.3 is 19.0 Å². The Bertz CT molecular complexity index is 985. The van der Waals surface area contributed by atoms with Gasteiger partial charge in [-0.2, -0.15) is 0 Å². The van der Waals surface area contributed by atoms with E-state index < -0.39 is 0 Å². The van der Waals surface area contributed by atoms with E-state index in [9.17, 15) is 4.79 Å². The molecule has 0 aliphatic heterocycles. The maximum atomic E-state index is 10.2. The van der Waals surface area contributed by atoms with Gasteiger partial charge in [0.25, 0.3) is 6.47 Å². The highest BCUT2D eigenvalue weighted by Gasteiger charge is 2.09. The van der Waals surface area contributed by atoms with Gasteiger partial charge in [-0.15, -0.1) is 0 Å². The summed E-state index contributed by atoms with van der Waals surface area (Å²) in [4.78, 5) is 19.3. The van der Waals surface area contributed by atoms with E-state index in [2.05, 4.69) is 46.2 Å². The summed E-state index contributed by atoms with van der Waals surface area (Å²) in [5.41, 5.74) is 3.84. The molecule has 6 heteroatoms. The number of nitrogens with zero attached hydrogens (tertiary/aromatic N) is 3. The van der Waals surface area contributed by atoms with E-state index in [-0.39, 0.29) is 0 Å². The third-order valence-corrected chi connectivity index (χ3v) is 4.95. The molecule has 6 nitrogen and oxygen atoms in total. The van der Waals surface area contributed by atoms with Crippen LogP contribution in [0.4, 0.5) is 11.4 Å². The summed E-state index contributed by atoms with van der Waals surface area (Å²) >= 11 is 0. The summed E-state index contributed by atoms with van der Waals surface area (Å²) in [6.45, 7) is 1.69. The number of carbonyl (C=O) groups excluding carboxylic acids is 1. The third kappa shape index (κ3) is 4.88. The normalized spacial score (nSPS) is 10.9. The molecule has 0 saturated heterocycles. The number of ether oxygens (including phenoxy) is 1. The van der Waals surface area contributed by atoms with Crippen LogP contribution < -0.4 is 15.2 Å². The minimum atomic E-state index is 0.472. The van der Waals surface area contributed by atoms with E-state index in [4.69, 9.17) is 14.1 Å². The summed E-state index contributed by atoms with van der Waals surface area (Å²) in [6, 6.07) is 12.5. The zero-order valence-electron chi connectivity index (χ0n) is 17.6. The molecule has 0 atom stereocenters. The Hall–Kier alpha value is -3.02. The molecule has 3 rings (SSSR count). The Morgan fingerprint density at radius 2 is 1.48 bits per heavy atom. The quantitative estimate of drug-likeness (QED) is 0.312. The zero-order valence-corrected chi connectivity index (χ0v) is 17.6. The molecule has 0 N–H and O–H groups in total. The van der Waals surface area contributed by atoms with Gasteiger partial charge in [-0.25, -0.2) is 0 Å². The monoisotopic (exact) mass is 395 g/mol. The van der Waals surface area contributed by atoms with Crippen LogP contribution in [0.2, 0.25) is 0 Å². The highest BCUT2D eigenvalue weighted by atomic mass is 16.5. The first-order valence-corrected chi connectivity index (χ1v) is 9.92. The van der Waals surface area contributed by atoms with Crippen LogP contribution >= 0.6 is 0 Å². The Labute approximate surface area is 171 Å². The molecule has 0 amide bonds. The molecule has 0 bridgehead atoms. The van der Waals surface area contributed by atoms with Gasteiger partial charge in [-0.05, 0) is 43.5 Å². The average molecular weight is 396 g/mol. The molecular formula is C23H29N3O3. The lowest BCUT2D eigenvalue weighted by Crippen LogP contribution is -2.11. The maximum absolute atomic E-state index is 10.2. The molecule has 0 fully saturated rings. The van der Waals surface area contributed by atoms with E-state index >= 15 is 0 Å². The zero-order chi connectivity index (χ0) is 20.8. The largest absolute Gasteiger partial charge is 0.468 e. The van der Waals surface area contributed by atoms with E-state index in [1.54, 1.807) is 0 Å². The minimum absolute atomic E-state index is 0.472. The van der Waals surface area contributed by atoms with Crippen LogP contribution in [0.3, 0.4) is 0 Å². The fourth-order valence-electron chi connectivity index (χ4n) is 3.29. The van der Waals surface area contributed by atoms with E-state index in [0.29, 0.717) is 13.1 Å². The molecule has 3 aromatic rings. The molecule has 0 radical (unpaired) electrons. The van der Waals surface area contributed by atoms with Gasteiger partial charge in [0.15, 0.2) is 0 Å². The molecule has 1 heterocycles. The molecule has 1 aromatic heterocycles. The topological polar surface area (TPSA) is 58.3 Å². The predicted octanol–water partition coefficient (Wildman–Crippen LogP) is 3.96. The maximum Gasteiger partial charge on any atom is 0.293 e. The van der Waals surface area contributed by atoms with Crippen LogP contribution in [0, 0.1) is 0 Å². The number of unbranched alkanes of at least 4 members (excludes halogenated alkanes) is 2. The molecule has 29 heavy (non-hydrogen) atoms. The van der Waals surface area contributed by atoms with Gasteiger partial charge in [0.1, 0.15) is 11.2 Å². The van der Waals surface area contributed by atoms with Crippen molar-refractivity contribution in [3.8, 4) is 0 Å². The number of anilines is 2. The Morgan fingerprint density at radius 1 is 0.897 bits per heavy atom. The number of rotatable bonds is 9. The first-order valence-electron chi connectivity index (χ1n) is 9.92. The fraction of sp³-hybridized carbons (Fsp3) is 0.391. The highest BCUT2D eigenvalue weighted by molar-refractivity contribution is 5.92. The first-order chi connectivity index (χ1) is 14.0. The molecule has 2 aromatic carbocycles. The minimum Gasteiger partial charge on any atom is -0.468 e. The third-order valence-electron chi connectivity index (χ3n) is 4.95. The van der Waals surface area contributed by atoms with Crippen molar-refractivity contribution >= 4 is 39.8 Å². The van der Waals surface area contributed by atoms with Crippen molar-refractivity contribution in [3.63, 3.8) is 0 Å². The SMILES string of the molecule is CN(C)c1ccc2c(=NCCCCCOC=O)c3ccc(N(C)C)cc3oc2c1. The average Bonchev–Trinajstić information content (AvgIpc) is 2.71. The van der Waals surface area contributed by atoms with Crippen molar-refractivity contribution in [1.29, 1.82) is 0 Å². The second-order valence-corrected chi connectivity index (χ2v) is 7.51. The summed E-state index contributed by atoms with van der Waals surface area (Å²) in [5, 5.41) is 3.01.